The minimum Gasteiger partial charge on any atom is -0.369 e. The fourth-order valence-electron chi connectivity index (χ4n) is 3.09. The standard InChI is InChI=1S/C18H23N5O2/c1-3-14-20-8-11-23(14)15-5-4-13(12-21-15)16(24)22-9-6-18(2,7-10-22)17(19)25/h4-5,8,11-12H,3,6-7,9-10H2,1-2H3,(H2,19,25). The van der Waals surface area contributed by atoms with Crippen LogP contribution < -0.4 is 5.73 Å². The van der Waals surface area contributed by atoms with Crippen LogP contribution in [0.4, 0.5) is 0 Å². The van der Waals surface area contributed by atoms with Crippen LogP contribution in [0.5, 0.6) is 0 Å². The summed E-state index contributed by atoms with van der Waals surface area (Å²) in [5, 5.41) is 0. The van der Waals surface area contributed by atoms with Crippen molar-refractivity contribution in [2.45, 2.75) is 33.1 Å². The summed E-state index contributed by atoms with van der Waals surface area (Å²) in [6.07, 6.45) is 7.19. The predicted octanol–water partition coefficient (Wildman–Crippen LogP) is 1.56. The molecule has 0 saturated carbocycles. The maximum Gasteiger partial charge on any atom is 0.255 e. The molecule has 0 aromatic carbocycles. The van der Waals surface area contributed by atoms with Gasteiger partial charge in [0.25, 0.3) is 5.91 Å². The van der Waals surface area contributed by atoms with Crippen LogP contribution in [-0.2, 0) is 11.2 Å². The van der Waals surface area contributed by atoms with Gasteiger partial charge in [-0.15, -0.1) is 0 Å². The molecule has 132 valence electrons. The van der Waals surface area contributed by atoms with Crippen LogP contribution in [0.3, 0.4) is 0 Å². The number of primary amides is 1. The number of hydrogen-bond donors (Lipinski definition) is 1. The van der Waals surface area contributed by atoms with Crippen molar-refractivity contribution < 1.29 is 9.59 Å². The minimum absolute atomic E-state index is 0.0630. The monoisotopic (exact) mass is 341 g/mol. The van der Waals surface area contributed by atoms with Crippen LogP contribution in [0.15, 0.2) is 30.7 Å². The average Bonchev–Trinajstić information content (AvgIpc) is 3.10. The van der Waals surface area contributed by atoms with Gasteiger partial charge >= 0.3 is 0 Å². The second-order valence-corrected chi connectivity index (χ2v) is 6.69. The van der Waals surface area contributed by atoms with Gasteiger partial charge in [0.05, 0.1) is 5.56 Å². The highest BCUT2D eigenvalue weighted by molar-refractivity contribution is 5.94. The molecule has 1 aliphatic rings. The lowest BCUT2D eigenvalue weighted by Crippen LogP contribution is -2.47. The molecule has 0 bridgehead atoms. The molecule has 7 heteroatoms. The Bertz CT molecular complexity index is 773. The van der Waals surface area contributed by atoms with Gasteiger partial charge in [0.1, 0.15) is 11.6 Å². The van der Waals surface area contributed by atoms with Crippen molar-refractivity contribution >= 4 is 11.8 Å². The van der Waals surface area contributed by atoms with Crippen LogP contribution in [0.1, 0.15) is 42.9 Å². The normalized spacial score (nSPS) is 16.6. The molecule has 0 spiro atoms. The van der Waals surface area contributed by atoms with Gasteiger partial charge in [-0.05, 0) is 25.0 Å². The summed E-state index contributed by atoms with van der Waals surface area (Å²) in [5.41, 5.74) is 5.49. The van der Waals surface area contributed by atoms with Gasteiger partial charge in [-0.1, -0.05) is 13.8 Å². The number of nitrogens with zero attached hydrogens (tertiary/aromatic N) is 4. The molecule has 0 atom stereocenters. The number of aryl methyl sites for hydroxylation is 1. The predicted molar refractivity (Wildman–Crippen MR) is 93.2 cm³/mol. The highest BCUT2D eigenvalue weighted by Gasteiger charge is 2.36. The summed E-state index contributed by atoms with van der Waals surface area (Å²) < 4.78 is 1.91. The molecule has 0 aliphatic carbocycles. The van der Waals surface area contributed by atoms with Crippen molar-refractivity contribution in [3.05, 3.63) is 42.1 Å². The maximum atomic E-state index is 12.7. The third kappa shape index (κ3) is 3.26. The van der Waals surface area contributed by atoms with Crippen LogP contribution in [0.25, 0.3) is 5.82 Å². The molecule has 3 rings (SSSR count). The number of hydrogen-bond acceptors (Lipinski definition) is 4. The lowest BCUT2D eigenvalue weighted by atomic mass is 9.79. The van der Waals surface area contributed by atoms with E-state index in [1.807, 2.05) is 30.7 Å². The molecule has 7 nitrogen and oxygen atoms in total. The molecule has 0 unspecified atom stereocenters. The van der Waals surface area contributed by atoms with Gasteiger partial charge in [-0.25, -0.2) is 9.97 Å². The van der Waals surface area contributed by atoms with E-state index >= 15 is 0 Å². The Labute approximate surface area is 146 Å². The summed E-state index contributed by atoms with van der Waals surface area (Å²) in [6, 6.07) is 3.61. The first-order valence-electron chi connectivity index (χ1n) is 8.52. The van der Waals surface area contributed by atoms with Crippen molar-refractivity contribution in [3.63, 3.8) is 0 Å². The van der Waals surface area contributed by atoms with E-state index < -0.39 is 5.41 Å². The molecule has 3 heterocycles. The molecule has 2 amide bonds. The topological polar surface area (TPSA) is 94.1 Å². The molecule has 1 fully saturated rings. The maximum absolute atomic E-state index is 12.7. The Morgan fingerprint density at radius 2 is 1.96 bits per heavy atom. The van der Waals surface area contributed by atoms with Crippen LogP contribution in [0, 0.1) is 5.41 Å². The van der Waals surface area contributed by atoms with Crippen molar-refractivity contribution in [3.8, 4) is 5.82 Å². The van der Waals surface area contributed by atoms with Gasteiger partial charge in [0.15, 0.2) is 0 Å². The lowest BCUT2D eigenvalue weighted by Gasteiger charge is -2.37. The zero-order chi connectivity index (χ0) is 18.0. The van der Waals surface area contributed by atoms with E-state index in [1.165, 1.54) is 0 Å². The third-order valence-electron chi connectivity index (χ3n) is 5.02. The largest absolute Gasteiger partial charge is 0.369 e. The number of imidazole rings is 1. The number of nitrogens with two attached hydrogens (primary N) is 1. The van der Waals surface area contributed by atoms with Crippen molar-refractivity contribution in [1.29, 1.82) is 0 Å². The van der Waals surface area contributed by atoms with E-state index in [4.69, 9.17) is 5.73 Å². The molecular formula is C18H23N5O2. The van der Waals surface area contributed by atoms with E-state index in [9.17, 15) is 9.59 Å². The fraction of sp³-hybridized carbons (Fsp3) is 0.444. The Morgan fingerprint density at radius 1 is 1.24 bits per heavy atom. The van der Waals surface area contributed by atoms with E-state index in [0.29, 0.717) is 31.5 Å². The Kier molecular flexibility index (Phi) is 4.57. The van der Waals surface area contributed by atoms with E-state index in [1.54, 1.807) is 23.4 Å². The first-order valence-corrected chi connectivity index (χ1v) is 8.52. The van der Waals surface area contributed by atoms with Gasteiger partial charge < -0.3 is 10.6 Å². The lowest BCUT2D eigenvalue weighted by molar-refractivity contribution is -0.129. The molecule has 25 heavy (non-hydrogen) atoms. The second kappa shape index (κ2) is 6.66. The summed E-state index contributed by atoms with van der Waals surface area (Å²) in [7, 11) is 0. The minimum atomic E-state index is -0.517. The first kappa shape index (κ1) is 17.1. The number of piperidine rings is 1. The second-order valence-electron chi connectivity index (χ2n) is 6.69. The molecule has 2 aromatic heterocycles. The highest BCUT2D eigenvalue weighted by Crippen LogP contribution is 2.30. The SMILES string of the molecule is CCc1nccn1-c1ccc(C(=O)N2CCC(C)(C(N)=O)CC2)cn1. The van der Waals surface area contributed by atoms with Gasteiger partial charge in [-0.3, -0.25) is 14.2 Å². The van der Waals surface area contributed by atoms with Crippen LogP contribution >= 0.6 is 0 Å². The Morgan fingerprint density at radius 3 is 2.52 bits per heavy atom. The van der Waals surface area contributed by atoms with E-state index in [0.717, 1.165) is 18.1 Å². The van der Waals surface area contributed by atoms with Crippen LogP contribution in [0.2, 0.25) is 0 Å². The number of pyridine rings is 1. The molecule has 1 aliphatic heterocycles. The van der Waals surface area contributed by atoms with Crippen molar-refractivity contribution in [2.24, 2.45) is 11.1 Å². The summed E-state index contributed by atoms with van der Waals surface area (Å²) in [4.78, 5) is 34.6. The molecular weight excluding hydrogens is 318 g/mol. The number of amides is 2. The number of carbonyl (C=O) groups is 2. The molecule has 1 saturated heterocycles. The van der Waals surface area contributed by atoms with Gasteiger partial charge in [-0.2, -0.15) is 0 Å². The molecule has 0 radical (unpaired) electrons. The summed E-state index contributed by atoms with van der Waals surface area (Å²) >= 11 is 0. The zero-order valence-electron chi connectivity index (χ0n) is 14.6. The Balaban J connectivity index is 1.71. The number of rotatable bonds is 4. The van der Waals surface area contributed by atoms with E-state index in [2.05, 4.69) is 9.97 Å². The number of carbonyl (C=O) groups excluding carboxylic acids is 2. The smallest absolute Gasteiger partial charge is 0.255 e. The number of likely N-dealkylation sites (tertiary alicyclic amines) is 1. The number of aromatic nitrogens is 3. The highest BCUT2D eigenvalue weighted by atomic mass is 16.2. The summed E-state index contributed by atoms with van der Waals surface area (Å²) in [6.45, 7) is 4.96. The molecule has 2 N–H and O–H groups in total. The summed E-state index contributed by atoms with van der Waals surface area (Å²) in [5.74, 6) is 1.31. The zero-order valence-corrected chi connectivity index (χ0v) is 14.6. The quantitative estimate of drug-likeness (QED) is 0.913. The third-order valence-corrected chi connectivity index (χ3v) is 5.02. The Hall–Kier alpha value is -2.70. The average molecular weight is 341 g/mol. The van der Waals surface area contributed by atoms with Gasteiger partial charge in [0, 0.05) is 43.5 Å². The fourth-order valence-corrected chi connectivity index (χ4v) is 3.09. The van der Waals surface area contributed by atoms with Crippen molar-refractivity contribution in [1.82, 2.24) is 19.4 Å². The van der Waals surface area contributed by atoms with E-state index in [-0.39, 0.29) is 11.8 Å². The van der Waals surface area contributed by atoms with Gasteiger partial charge in [0.2, 0.25) is 5.91 Å². The van der Waals surface area contributed by atoms with Crippen molar-refractivity contribution in [2.75, 3.05) is 13.1 Å². The first-order chi connectivity index (χ1) is 11.9. The van der Waals surface area contributed by atoms with Crippen LogP contribution in [-0.4, -0.2) is 44.3 Å². The molecule has 2 aromatic rings.